The number of benzene rings is 4. The van der Waals surface area contributed by atoms with E-state index in [1.165, 1.54) is 81.0 Å². The van der Waals surface area contributed by atoms with Crippen molar-refractivity contribution in [1.82, 2.24) is 10.6 Å². The highest BCUT2D eigenvalue weighted by Gasteiger charge is 2.06. The van der Waals surface area contributed by atoms with Crippen LogP contribution >= 0.6 is 0 Å². The number of amides is 1. The van der Waals surface area contributed by atoms with Crippen LogP contribution in [0.5, 0.6) is 0 Å². The lowest BCUT2D eigenvalue weighted by molar-refractivity contribution is 0.0953. The molecule has 4 heteroatoms. The molecule has 43 heavy (non-hydrogen) atoms. The average Bonchev–Trinajstić information content (AvgIpc) is 3.04. The molecular formula is C39H47FN2O. The normalized spacial score (nSPS) is 11.0. The number of carbonyl (C=O) groups is 1. The lowest BCUT2D eigenvalue weighted by Crippen LogP contribution is -2.24. The van der Waals surface area contributed by atoms with Crippen LogP contribution in [-0.4, -0.2) is 12.5 Å². The number of halogens is 1. The fraction of sp³-hybridized carbons (Fsp3) is 0.359. The molecule has 0 aliphatic carbocycles. The Morgan fingerprint density at radius 3 is 1.77 bits per heavy atom. The molecule has 0 fully saturated rings. The molecule has 0 heterocycles. The van der Waals surface area contributed by atoms with Crippen LogP contribution in [0.1, 0.15) is 92.6 Å². The second kappa shape index (κ2) is 18.0. The van der Waals surface area contributed by atoms with Gasteiger partial charge >= 0.3 is 0 Å². The van der Waals surface area contributed by atoms with Crippen molar-refractivity contribution in [3.05, 3.63) is 120 Å². The van der Waals surface area contributed by atoms with Crippen molar-refractivity contribution in [1.29, 1.82) is 0 Å². The van der Waals surface area contributed by atoms with E-state index in [2.05, 4.69) is 54.0 Å². The van der Waals surface area contributed by atoms with E-state index >= 15 is 0 Å². The predicted octanol–water partition coefficient (Wildman–Crippen LogP) is 10.1. The Bertz CT molecular complexity index is 1360. The lowest BCUT2D eigenvalue weighted by atomic mass is 10.0. The number of rotatable bonds is 18. The molecule has 226 valence electrons. The zero-order valence-electron chi connectivity index (χ0n) is 25.7. The zero-order valence-corrected chi connectivity index (χ0v) is 25.7. The molecule has 0 aliphatic heterocycles. The summed E-state index contributed by atoms with van der Waals surface area (Å²) in [4.78, 5) is 12.6. The Hall–Kier alpha value is -3.76. The van der Waals surface area contributed by atoms with Gasteiger partial charge in [0.15, 0.2) is 0 Å². The van der Waals surface area contributed by atoms with Crippen LogP contribution in [0.4, 0.5) is 4.39 Å². The van der Waals surface area contributed by atoms with Gasteiger partial charge in [0.1, 0.15) is 5.82 Å². The second-order valence-electron chi connectivity index (χ2n) is 11.5. The van der Waals surface area contributed by atoms with E-state index < -0.39 is 0 Å². The first-order valence-electron chi connectivity index (χ1n) is 16.2. The Balaban J connectivity index is 1.14. The maximum Gasteiger partial charge on any atom is 0.251 e. The summed E-state index contributed by atoms with van der Waals surface area (Å²) in [6.45, 7) is 4.52. The molecule has 0 aromatic heterocycles. The maximum absolute atomic E-state index is 13.3. The van der Waals surface area contributed by atoms with Gasteiger partial charge in [-0.05, 0) is 70.1 Å². The van der Waals surface area contributed by atoms with Crippen LogP contribution < -0.4 is 10.6 Å². The molecule has 0 radical (unpaired) electrons. The second-order valence-corrected chi connectivity index (χ2v) is 11.5. The smallest absolute Gasteiger partial charge is 0.251 e. The Labute approximate surface area is 258 Å². The Morgan fingerprint density at radius 2 is 1.12 bits per heavy atom. The van der Waals surface area contributed by atoms with Crippen LogP contribution in [0.3, 0.4) is 0 Å². The molecule has 4 rings (SSSR count). The molecule has 3 nitrogen and oxygen atoms in total. The fourth-order valence-corrected chi connectivity index (χ4v) is 5.40. The van der Waals surface area contributed by atoms with E-state index in [4.69, 9.17) is 0 Å². The zero-order chi connectivity index (χ0) is 30.1. The Kier molecular flexibility index (Phi) is 13.5. The fourth-order valence-electron chi connectivity index (χ4n) is 5.40. The first-order chi connectivity index (χ1) is 21.1. The molecule has 2 N–H and O–H groups in total. The van der Waals surface area contributed by atoms with Gasteiger partial charge in [-0.1, -0.05) is 131 Å². The summed E-state index contributed by atoms with van der Waals surface area (Å²) in [5.74, 6) is -0.214. The van der Waals surface area contributed by atoms with Gasteiger partial charge in [0, 0.05) is 25.2 Å². The van der Waals surface area contributed by atoms with Crippen LogP contribution in [0.2, 0.25) is 0 Å². The standard InChI is InChI=1S/C39H47FN2O/c1-2-3-4-5-6-7-8-9-10-11-27-42-39(43)36-21-19-34(20-22-36)33-17-15-31(16-18-33)29-41-30-32-13-12-14-37(28-32)35-23-25-38(40)26-24-35/h12-26,28,41H,2-11,27,29-30H2,1H3,(H,42,43). The van der Waals surface area contributed by atoms with Crippen LogP contribution in [-0.2, 0) is 13.1 Å². The molecule has 0 unspecified atom stereocenters. The monoisotopic (exact) mass is 578 g/mol. The van der Waals surface area contributed by atoms with Gasteiger partial charge in [0.2, 0.25) is 0 Å². The average molecular weight is 579 g/mol. The SMILES string of the molecule is CCCCCCCCCCCCNC(=O)c1ccc(-c2ccc(CNCc3cccc(-c4ccc(F)cc4)c3)cc2)cc1. The molecular weight excluding hydrogens is 531 g/mol. The van der Waals surface area contributed by atoms with Crippen molar-refractivity contribution in [2.24, 2.45) is 0 Å². The number of nitrogens with one attached hydrogen (secondary N) is 2. The predicted molar refractivity (Wildman–Crippen MR) is 178 cm³/mol. The molecule has 4 aromatic rings. The highest BCUT2D eigenvalue weighted by molar-refractivity contribution is 5.94. The highest BCUT2D eigenvalue weighted by Crippen LogP contribution is 2.22. The number of unbranched alkanes of at least 4 members (excludes halogenated alkanes) is 9. The van der Waals surface area contributed by atoms with Gasteiger partial charge in [-0.25, -0.2) is 4.39 Å². The van der Waals surface area contributed by atoms with Crippen molar-refractivity contribution in [3.63, 3.8) is 0 Å². The quantitative estimate of drug-likeness (QED) is 0.115. The van der Waals surface area contributed by atoms with E-state index in [1.807, 2.05) is 48.5 Å². The van der Waals surface area contributed by atoms with Crippen molar-refractivity contribution >= 4 is 5.91 Å². The van der Waals surface area contributed by atoms with Gasteiger partial charge in [0.25, 0.3) is 5.91 Å². The minimum Gasteiger partial charge on any atom is -0.352 e. The summed E-state index contributed by atoms with van der Waals surface area (Å²) < 4.78 is 13.3. The van der Waals surface area contributed by atoms with E-state index in [0.717, 1.165) is 48.3 Å². The van der Waals surface area contributed by atoms with Crippen molar-refractivity contribution in [3.8, 4) is 22.3 Å². The molecule has 0 bridgehead atoms. The van der Waals surface area contributed by atoms with Gasteiger partial charge in [-0.3, -0.25) is 4.79 Å². The van der Waals surface area contributed by atoms with Crippen molar-refractivity contribution in [2.75, 3.05) is 6.54 Å². The molecule has 4 aromatic carbocycles. The largest absolute Gasteiger partial charge is 0.352 e. The maximum atomic E-state index is 13.3. The van der Waals surface area contributed by atoms with E-state index in [9.17, 15) is 9.18 Å². The third kappa shape index (κ3) is 11.1. The molecule has 0 atom stereocenters. The molecule has 0 saturated carbocycles. The van der Waals surface area contributed by atoms with E-state index in [-0.39, 0.29) is 11.7 Å². The van der Waals surface area contributed by atoms with Crippen LogP contribution in [0.25, 0.3) is 22.3 Å². The van der Waals surface area contributed by atoms with E-state index in [0.29, 0.717) is 5.56 Å². The molecule has 1 amide bonds. The summed E-state index contributed by atoms with van der Waals surface area (Å²) in [6.07, 6.45) is 13.0. The molecule has 0 saturated heterocycles. The third-order valence-corrected chi connectivity index (χ3v) is 8.01. The minimum atomic E-state index is -0.220. The summed E-state index contributed by atoms with van der Waals surface area (Å²) in [5, 5.41) is 6.60. The number of hydrogen-bond donors (Lipinski definition) is 2. The van der Waals surface area contributed by atoms with Gasteiger partial charge in [-0.2, -0.15) is 0 Å². The lowest BCUT2D eigenvalue weighted by Gasteiger charge is -2.09. The molecule has 0 spiro atoms. The summed E-state index contributed by atoms with van der Waals surface area (Å²) in [7, 11) is 0. The topological polar surface area (TPSA) is 41.1 Å². The number of carbonyl (C=O) groups excluding carboxylic acids is 1. The van der Waals surface area contributed by atoms with Crippen molar-refractivity contribution < 1.29 is 9.18 Å². The molecule has 0 aliphatic rings. The summed E-state index contributed by atoms with van der Waals surface area (Å²) in [6, 6.07) is 31.4. The highest BCUT2D eigenvalue weighted by atomic mass is 19.1. The first-order valence-corrected chi connectivity index (χ1v) is 16.2. The van der Waals surface area contributed by atoms with Crippen LogP contribution in [0.15, 0.2) is 97.1 Å². The first kappa shape index (κ1) is 32.2. The van der Waals surface area contributed by atoms with Gasteiger partial charge in [-0.15, -0.1) is 0 Å². The van der Waals surface area contributed by atoms with Crippen molar-refractivity contribution in [2.45, 2.75) is 84.2 Å². The van der Waals surface area contributed by atoms with E-state index in [1.54, 1.807) is 0 Å². The Morgan fingerprint density at radius 1 is 0.581 bits per heavy atom. The minimum absolute atomic E-state index is 0.00657. The number of hydrogen-bond acceptors (Lipinski definition) is 2. The van der Waals surface area contributed by atoms with Gasteiger partial charge in [0.05, 0.1) is 0 Å². The van der Waals surface area contributed by atoms with Gasteiger partial charge < -0.3 is 10.6 Å². The third-order valence-electron chi connectivity index (χ3n) is 8.01. The summed E-state index contributed by atoms with van der Waals surface area (Å²) >= 11 is 0. The summed E-state index contributed by atoms with van der Waals surface area (Å²) in [5.41, 5.74) is 7.43. The van der Waals surface area contributed by atoms with Crippen LogP contribution in [0, 0.1) is 5.82 Å².